The molecular formula is C21H28N4O4S. The number of carbonyl (C=O) groups is 1. The summed E-state index contributed by atoms with van der Waals surface area (Å²) in [6.45, 7) is 9.47. The molecule has 2 aromatic rings. The number of anilines is 1. The number of sulfonamides is 1. The van der Waals surface area contributed by atoms with Crippen molar-refractivity contribution in [3.05, 3.63) is 42.1 Å². The maximum Gasteiger partial charge on any atom is 0.281 e. The maximum absolute atomic E-state index is 12.9. The number of hydrogen-bond donors (Lipinski definition) is 1. The summed E-state index contributed by atoms with van der Waals surface area (Å²) in [7, 11) is -4.17. The van der Waals surface area contributed by atoms with Crippen LogP contribution in [0.15, 0.2) is 41.6 Å². The van der Waals surface area contributed by atoms with Crippen molar-refractivity contribution in [3.8, 4) is 5.88 Å². The van der Waals surface area contributed by atoms with Crippen molar-refractivity contribution >= 4 is 21.7 Å². The molecule has 1 atom stereocenters. The minimum Gasteiger partial charge on any atom is -0.478 e. The predicted molar refractivity (Wildman–Crippen MR) is 114 cm³/mol. The third-order valence-corrected chi connectivity index (χ3v) is 6.86. The zero-order chi connectivity index (χ0) is 21.9. The molecular weight excluding hydrogens is 404 g/mol. The zero-order valence-corrected chi connectivity index (χ0v) is 18.6. The van der Waals surface area contributed by atoms with E-state index in [1.807, 2.05) is 6.92 Å². The molecule has 0 spiro atoms. The van der Waals surface area contributed by atoms with Crippen molar-refractivity contribution in [2.45, 2.75) is 51.1 Å². The van der Waals surface area contributed by atoms with Gasteiger partial charge in [0, 0.05) is 24.3 Å². The van der Waals surface area contributed by atoms with Gasteiger partial charge in [-0.2, -0.15) is 13.4 Å². The Morgan fingerprint density at radius 1 is 1.30 bits per heavy atom. The molecule has 30 heavy (non-hydrogen) atoms. The number of aromatic nitrogens is 2. The van der Waals surface area contributed by atoms with Crippen molar-refractivity contribution < 1.29 is 17.9 Å². The highest BCUT2D eigenvalue weighted by Crippen LogP contribution is 2.38. The Kier molecular flexibility index (Phi) is 6.30. The number of nitrogens with one attached hydrogen (secondary N) is 1. The minimum atomic E-state index is -4.17. The van der Waals surface area contributed by atoms with E-state index in [-0.39, 0.29) is 22.0 Å². The highest BCUT2D eigenvalue weighted by Gasteiger charge is 2.40. The second-order valence-corrected chi connectivity index (χ2v) is 9.60. The molecule has 2 aromatic heterocycles. The van der Waals surface area contributed by atoms with E-state index in [1.54, 1.807) is 24.4 Å². The molecule has 3 heterocycles. The molecule has 0 saturated carbocycles. The van der Waals surface area contributed by atoms with Gasteiger partial charge in [-0.3, -0.25) is 4.79 Å². The molecule has 1 aliphatic rings. The van der Waals surface area contributed by atoms with Gasteiger partial charge < -0.3 is 9.64 Å². The molecule has 0 bridgehead atoms. The third kappa shape index (κ3) is 4.40. The minimum absolute atomic E-state index is 0.196. The lowest BCUT2D eigenvalue weighted by Crippen LogP contribution is -2.43. The van der Waals surface area contributed by atoms with Gasteiger partial charge in [-0.05, 0) is 50.8 Å². The monoisotopic (exact) mass is 432 g/mol. The molecule has 3 rings (SSSR count). The Balaban J connectivity index is 1.87. The van der Waals surface area contributed by atoms with Crippen LogP contribution in [0.2, 0.25) is 0 Å². The summed E-state index contributed by atoms with van der Waals surface area (Å²) in [5.74, 6) is 0.346. The molecule has 1 aliphatic heterocycles. The van der Waals surface area contributed by atoms with Gasteiger partial charge >= 0.3 is 0 Å². The molecule has 0 aliphatic carbocycles. The summed E-state index contributed by atoms with van der Waals surface area (Å²) >= 11 is 0. The number of carbonyl (C=O) groups excluding carboxylic acids is 1. The second kappa shape index (κ2) is 8.59. The van der Waals surface area contributed by atoms with Crippen LogP contribution in [-0.2, 0) is 10.0 Å². The number of rotatable bonds is 7. The second-order valence-electron chi connectivity index (χ2n) is 7.97. The van der Waals surface area contributed by atoms with Gasteiger partial charge in [0.25, 0.3) is 15.9 Å². The Morgan fingerprint density at radius 2 is 2.07 bits per heavy atom. The summed E-state index contributed by atoms with van der Waals surface area (Å²) in [6.07, 6.45) is 3.35. The van der Waals surface area contributed by atoms with E-state index in [1.165, 1.54) is 12.1 Å². The highest BCUT2D eigenvalue weighted by molar-refractivity contribution is 7.90. The summed E-state index contributed by atoms with van der Waals surface area (Å²) < 4.78 is 33.1. The van der Waals surface area contributed by atoms with Crippen molar-refractivity contribution in [2.24, 2.45) is 5.92 Å². The molecule has 1 N–H and O–H groups in total. The Bertz CT molecular complexity index is 1020. The van der Waals surface area contributed by atoms with Gasteiger partial charge in [0.1, 0.15) is 5.82 Å². The van der Waals surface area contributed by atoms with Gasteiger partial charge in [-0.25, -0.2) is 9.71 Å². The van der Waals surface area contributed by atoms with E-state index < -0.39 is 15.9 Å². The predicted octanol–water partition coefficient (Wildman–Crippen LogP) is 3.01. The van der Waals surface area contributed by atoms with Crippen molar-refractivity contribution in [2.75, 3.05) is 18.1 Å². The SMILES string of the molecule is CCCOc1cccc(S(=O)(=O)NC(=O)c2cccnc2N2CCC(C)C2(C)C)n1. The molecule has 1 fully saturated rings. The Morgan fingerprint density at radius 3 is 2.73 bits per heavy atom. The quantitative estimate of drug-likeness (QED) is 0.717. The number of ether oxygens (including phenoxy) is 1. The van der Waals surface area contributed by atoms with Crippen LogP contribution in [0.25, 0.3) is 0 Å². The largest absolute Gasteiger partial charge is 0.478 e. The lowest BCUT2D eigenvalue weighted by molar-refractivity contribution is 0.0981. The summed E-state index contributed by atoms with van der Waals surface area (Å²) in [5, 5.41) is -0.273. The van der Waals surface area contributed by atoms with Gasteiger partial charge in [0.2, 0.25) is 5.88 Å². The normalized spacial score (nSPS) is 18.3. The fourth-order valence-corrected chi connectivity index (χ4v) is 4.39. The lowest BCUT2D eigenvalue weighted by Gasteiger charge is -2.36. The van der Waals surface area contributed by atoms with Crippen LogP contribution in [0.5, 0.6) is 5.88 Å². The van der Waals surface area contributed by atoms with Crippen LogP contribution in [-0.4, -0.2) is 43.0 Å². The molecule has 1 unspecified atom stereocenters. The van der Waals surface area contributed by atoms with E-state index in [9.17, 15) is 13.2 Å². The lowest BCUT2D eigenvalue weighted by atomic mass is 9.90. The average molecular weight is 433 g/mol. The molecule has 0 radical (unpaired) electrons. The van der Waals surface area contributed by atoms with Crippen molar-refractivity contribution in [1.29, 1.82) is 0 Å². The Labute approximate surface area is 177 Å². The third-order valence-electron chi connectivity index (χ3n) is 5.63. The van der Waals surface area contributed by atoms with Crippen LogP contribution in [0.1, 0.15) is 50.9 Å². The molecule has 9 heteroatoms. The van der Waals surface area contributed by atoms with Crippen LogP contribution in [0.4, 0.5) is 5.82 Å². The van der Waals surface area contributed by atoms with Crippen LogP contribution in [0.3, 0.4) is 0 Å². The molecule has 1 amide bonds. The topological polar surface area (TPSA) is 101 Å². The average Bonchev–Trinajstić information content (AvgIpc) is 2.98. The summed E-state index contributed by atoms with van der Waals surface area (Å²) in [5.41, 5.74) is 0.0102. The highest BCUT2D eigenvalue weighted by atomic mass is 32.2. The first-order valence-corrected chi connectivity index (χ1v) is 11.5. The maximum atomic E-state index is 12.9. The van der Waals surface area contributed by atoms with Gasteiger partial charge in [-0.1, -0.05) is 19.9 Å². The smallest absolute Gasteiger partial charge is 0.281 e. The Hall–Kier alpha value is -2.68. The number of amides is 1. The summed E-state index contributed by atoms with van der Waals surface area (Å²) in [4.78, 5) is 23.4. The number of hydrogen-bond acceptors (Lipinski definition) is 7. The number of nitrogens with zero attached hydrogens (tertiary/aromatic N) is 3. The zero-order valence-electron chi connectivity index (χ0n) is 17.8. The van der Waals surface area contributed by atoms with Crippen LogP contribution >= 0.6 is 0 Å². The summed E-state index contributed by atoms with van der Waals surface area (Å²) in [6, 6.07) is 7.63. The van der Waals surface area contributed by atoms with E-state index in [2.05, 4.69) is 40.4 Å². The first-order valence-electron chi connectivity index (χ1n) is 10.1. The van der Waals surface area contributed by atoms with E-state index in [4.69, 9.17) is 4.74 Å². The van der Waals surface area contributed by atoms with Gasteiger partial charge in [-0.15, -0.1) is 0 Å². The van der Waals surface area contributed by atoms with E-state index in [0.717, 1.165) is 19.4 Å². The van der Waals surface area contributed by atoms with E-state index in [0.29, 0.717) is 18.3 Å². The first-order chi connectivity index (χ1) is 14.2. The standard InChI is InChI=1S/C21H28N4O4S/c1-5-14-29-17-9-6-10-18(23-17)30(27,28)24-20(26)16-8-7-12-22-19(16)25-13-11-15(2)21(25,3)4/h6-10,12,15H,5,11,13-14H2,1-4H3,(H,24,26). The van der Waals surface area contributed by atoms with Crippen molar-refractivity contribution in [3.63, 3.8) is 0 Å². The van der Waals surface area contributed by atoms with Gasteiger partial charge in [0.15, 0.2) is 5.03 Å². The van der Waals surface area contributed by atoms with Gasteiger partial charge in [0.05, 0.1) is 12.2 Å². The van der Waals surface area contributed by atoms with Crippen LogP contribution in [0, 0.1) is 5.92 Å². The van der Waals surface area contributed by atoms with Crippen molar-refractivity contribution in [1.82, 2.24) is 14.7 Å². The number of pyridine rings is 2. The fourth-order valence-electron chi connectivity index (χ4n) is 3.46. The first kappa shape index (κ1) is 22.0. The fraction of sp³-hybridized carbons (Fsp3) is 0.476. The molecule has 0 aromatic carbocycles. The molecule has 162 valence electrons. The van der Waals surface area contributed by atoms with Crippen LogP contribution < -0.4 is 14.4 Å². The van der Waals surface area contributed by atoms with E-state index >= 15 is 0 Å². The molecule has 8 nitrogen and oxygen atoms in total. The molecule has 1 saturated heterocycles.